The number of hydrogen-bond acceptors (Lipinski definition) is 4. The van der Waals surface area contributed by atoms with Crippen molar-refractivity contribution >= 4 is 8.03 Å². The molecule has 0 saturated heterocycles. The zero-order chi connectivity index (χ0) is 12.8. The predicted octanol–water partition coefficient (Wildman–Crippen LogP) is 0.683. The third-order valence-corrected chi connectivity index (χ3v) is 3.15. The smallest absolute Gasteiger partial charge is 0.197 e. The molecule has 0 aliphatic rings. The van der Waals surface area contributed by atoms with E-state index in [4.69, 9.17) is 4.89 Å². The van der Waals surface area contributed by atoms with Crippen LogP contribution in [0.1, 0.15) is 6.42 Å². The van der Waals surface area contributed by atoms with Crippen LogP contribution in [0.2, 0.25) is 0 Å². The van der Waals surface area contributed by atoms with E-state index in [9.17, 15) is 4.57 Å². The molecule has 1 unspecified atom stereocenters. The first-order chi connectivity index (χ1) is 8.75. The van der Waals surface area contributed by atoms with E-state index >= 15 is 0 Å². The van der Waals surface area contributed by atoms with Crippen molar-refractivity contribution in [2.24, 2.45) is 0 Å². The number of hydrogen-bond donors (Lipinski definition) is 1. The highest BCUT2D eigenvalue weighted by Crippen LogP contribution is 2.13. The Morgan fingerprint density at radius 3 is 2.72 bits per heavy atom. The molecule has 0 aliphatic heterocycles. The standard InChI is InChI=1S/C11H13N4O2P/c16-18(17)8-2-6-15-7-3-10(9-14-15)11-12-4-1-5-13-11/h1,3-5,7,9,18H,2,6,8H2/p+1. The predicted molar refractivity (Wildman–Crippen MR) is 66.2 cm³/mol. The molecule has 2 rings (SSSR count). The monoisotopic (exact) mass is 265 g/mol. The molecule has 6 nitrogen and oxygen atoms in total. The van der Waals surface area contributed by atoms with Gasteiger partial charge in [0.25, 0.3) is 0 Å². The summed E-state index contributed by atoms with van der Waals surface area (Å²) in [7, 11) is -2.37. The second-order valence-corrected chi connectivity index (χ2v) is 5.04. The first-order valence-corrected chi connectivity index (χ1v) is 7.17. The molecule has 7 heteroatoms. The molecule has 1 N–H and O–H groups in total. The quantitative estimate of drug-likeness (QED) is 0.635. The summed E-state index contributed by atoms with van der Waals surface area (Å²) in [6.45, 7) is 0.632. The van der Waals surface area contributed by atoms with Crippen LogP contribution in [0.25, 0.3) is 11.4 Å². The van der Waals surface area contributed by atoms with E-state index in [-0.39, 0.29) is 0 Å². The van der Waals surface area contributed by atoms with Gasteiger partial charge in [-0.25, -0.2) is 9.97 Å². The Balaban J connectivity index is 2.00. The SMILES string of the molecule is O=[PH](O)CCC[n+]1ccc(-c2ncccn2)cn1. The third kappa shape index (κ3) is 3.68. The van der Waals surface area contributed by atoms with E-state index in [1.165, 1.54) is 0 Å². The van der Waals surface area contributed by atoms with Gasteiger partial charge in [0.05, 0.1) is 0 Å². The molecule has 94 valence electrons. The van der Waals surface area contributed by atoms with Crippen molar-refractivity contribution in [1.29, 1.82) is 0 Å². The number of aromatic nitrogens is 4. The van der Waals surface area contributed by atoms with Crippen molar-refractivity contribution < 1.29 is 14.1 Å². The summed E-state index contributed by atoms with van der Waals surface area (Å²) in [5, 5.41) is 4.22. The van der Waals surface area contributed by atoms with Crippen molar-refractivity contribution in [2.45, 2.75) is 13.0 Å². The molecule has 0 saturated carbocycles. The summed E-state index contributed by atoms with van der Waals surface area (Å²) in [4.78, 5) is 17.0. The Morgan fingerprint density at radius 2 is 2.11 bits per heavy atom. The normalized spacial score (nSPS) is 12.3. The van der Waals surface area contributed by atoms with Gasteiger partial charge in [0.2, 0.25) is 0 Å². The fourth-order valence-electron chi connectivity index (χ4n) is 1.49. The lowest BCUT2D eigenvalue weighted by Crippen LogP contribution is -2.37. The van der Waals surface area contributed by atoms with Gasteiger partial charge >= 0.3 is 0 Å². The zero-order valence-corrected chi connectivity index (χ0v) is 10.7. The molecule has 0 fully saturated rings. The molecule has 18 heavy (non-hydrogen) atoms. The van der Waals surface area contributed by atoms with Crippen molar-refractivity contribution in [3.8, 4) is 11.4 Å². The molecule has 0 bridgehead atoms. The minimum atomic E-state index is -2.37. The van der Waals surface area contributed by atoms with Crippen LogP contribution in [-0.2, 0) is 11.1 Å². The van der Waals surface area contributed by atoms with Crippen LogP contribution >= 0.6 is 8.03 Å². The van der Waals surface area contributed by atoms with Crippen molar-refractivity contribution in [2.75, 3.05) is 6.16 Å². The summed E-state index contributed by atoms with van der Waals surface area (Å²) in [5.74, 6) is 0.637. The molecular formula is C11H14N4O2P+. The fraction of sp³-hybridized carbons (Fsp3) is 0.273. The second kappa shape index (κ2) is 6.33. The lowest BCUT2D eigenvalue weighted by Gasteiger charge is -1.97. The maximum Gasteiger partial charge on any atom is 0.197 e. The summed E-state index contributed by atoms with van der Waals surface area (Å²) in [6.07, 6.45) is 7.86. The fourth-order valence-corrected chi connectivity index (χ4v) is 1.95. The molecule has 1 atom stereocenters. The summed E-state index contributed by atoms with van der Waals surface area (Å²) < 4.78 is 12.3. The largest absolute Gasteiger partial charge is 0.346 e. The highest BCUT2D eigenvalue weighted by atomic mass is 31.1. The van der Waals surface area contributed by atoms with E-state index < -0.39 is 8.03 Å². The Morgan fingerprint density at radius 1 is 1.33 bits per heavy atom. The Kier molecular flexibility index (Phi) is 4.50. The summed E-state index contributed by atoms with van der Waals surface area (Å²) in [5.41, 5.74) is 0.850. The van der Waals surface area contributed by atoms with Gasteiger partial charge in [-0.2, -0.15) is 0 Å². The van der Waals surface area contributed by atoms with Crippen LogP contribution in [0.4, 0.5) is 0 Å². The highest BCUT2D eigenvalue weighted by Gasteiger charge is 2.06. The van der Waals surface area contributed by atoms with Crippen LogP contribution in [0.15, 0.2) is 36.9 Å². The summed E-state index contributed by atoms with van der Waals surface area (Å²) >= 11 is 0. The van der Waals surface area contributed by atoms with Crippen LogP contribution in [0, 0.1) is 0 Å². The minimum absolute atomic E-state index is 0.336. The lowest BCUT2D eigenvalue weighted by atomic mass is 10.3. The molecule has 2 heterocycles. The van der Waals surface area contributed by atoms with Gasteiger partial charge in [-0.05, 0) is 11.2 Å². The molecule has 0 spiro atoms. The molecule has 2 aromatic rings. The van der Waals surface area contributed by atoms with Crippen LogP contribution in [-0.4, -0.2) is 26.1 Å². The van der Waals surface area contributed by atoms with Crippen molar-refractivity contribution in [3.05, 3.63) is 36.9 Å². The van der Waals surface area contributed by atoms with Crippen LogP contribution < -0.4 is 4.68 Å². The average Bonchev–Trinajstić information content (AvgIpc) is 2.40. The minimum Gasteiger partial charge on any atom is -0.346 e. The topological polar surface area (TPSA) is 79.9 Å². The van der Waals surface area contributed by atoms with Gasteiger partial charge in [0.15, 0.2) is 26.6 Å². The van der Waals surface area contributed by atoms with Crippen LogP contribution in [0.3, 0.4) is 0 Å². The number of aryl methyl sites for hydroxylation is 1. The van der Waals surface area contributed by atoms with Gasteiger partial charge < -0.3 is 4.89 Å². The molecule has 2 aromatic heterocycles. The first-order valence-electron chi connectivity index (χ1n) is 5.60. The zero-order valence-electron chi connectivity index (χ0n) is 9.73. The average molecular weight is 265 g/mol. The van der Waals surface area contributed by atoms with Gasteiger partial charge in [0, 0.05) is 36.6 Å². The Hall–Kier alpha value is -1.65. The maximum atomic E-state index is 10.6. The maximum absolute atomic E-state index is 10.6. The van der Waals surface area contributed by atoms with E-state index in [2.05, 4.69) is 15.1 Å². The summed E-state index contributed by atoms with van der Waals surface area (Å²) in [6, 6.07) is 3.64. The first kappa shape index (κ1) is 12.8. The molecule has 0 radical (unpaired) electrons. The molecule has 0 aromatic carbocycles. The van der Waals surface area contributed by atoms with E-state index in [1.54, 1.807) is 29.3 Å². The highest BCUT2D eigenvalue weighted by molar-refractivity contribution is 7.37. The number of nitrogens with zero attached hydrogens (tertiary/aromatic N) is 4. The number of rotatable bonds is 5. The Labute approximate surface area is 105 Å². The molecule has 0 aliphatic carbocycles. The van der Waals surface area contributed by atoms with Gasteiger partial charge in [-0.3, -0.25) is 4.57 Å². The van der Waals surface area contributed by atoms with Crippen molar-refractivity contribution in [3.63, 3.8) is 0 Å². The van der Waals surface area contributed by atoms with E-state index in [0.29, 0.717) is 25.0 Å². The molecule has 0 amide bonds. The van der Waals surface area contributed by atoms with Crippen molar-refractivity contribution in [1.82, 2.24) is 15.1 Å². The third-order valence-electron chi connectivity index (χ3n) is 2.37. The van der Waals surface area contributed by atoms with Gasteiger partial charge in [-0.15, -0.1) is 0 Å². The van der Waals surface area contributed by atoms with Crippen LogP contribution in [0.5, 0.6) is 0 Å². The second-order valence-electron chi connectivity index (χ2n) is 3.75. The van der Waals surface area contributed by atoms with Gasteiger partial charge in [-0.1, -0.05) is 4.68 Å². The van der Waals surface area contributed by atoms with E-state index in [0.717, 1.165) is 5.56 Å². The van der Waals surface area contributed by atoms with Gasteiger partial charge in [0.1, 0.15) is 6.20 Å². The Bertz CT molecular complexity index is 518. The lowest BCUT2D eigenvalue weighted by molar-refractivity contribution is -0.753. The van der Waals surface area contributed by atoms with E-state index in [1.807, 2.05) is 12.3 Å². The molecular weight excluding hydrogens is 251 g/mol.